The maximum Gasteiger partial charge on any atom is 0.395 e. The number of anilines is 2. The van der Waals surface area contributed by atoms with E-state index in [9.17, 15) is 13.9 Å². The molecule has 1 aromatic carbocycles. The van der Waals surface area contributed by atoms with Crippen LogP contribution in [0, 0.1) is 0 Å². The number of phenols is 1. The molecule has 0 spiro atoms. The Morgan fingerprint density at radius 3 is 2.29 bits per heavy atom. The van der Waals surface area contributed by atoms with Gasteiger partial charge in [0, 0.05) is 19.1 Å². The Morgan fingerprint density at radius 1 is 1.29 bits per heavy atom. The molecule has 0 aliphatic heterocycles. The molecule has 0 saturated carbocycles. The number of nitrogens with two attached hydrogens (primary N) is 2. The molecule has 0 aliphatic carbocycles. The molecule has 0 aromatic heterocycles. The first kappa shape index (κ1) is 10.4. The summed E-state index contributed by atoms with van der Waals surface area (Å²) in [5, 5.41) is 9.19. The zero-order valence-corrected chi connectivity index (χ0v) is 7.42. The largest absolute Gasteiger partial charge is 0.504 e. The highest BCUT2D eigenvalue weighted by Crippen LogP contribution is 2.35. The zero-order valence-electron chi connectivity index (χ0n) is 7.42. The molecule has 4 nitrogen and oxygen atoms in total. The van der Waals surface area contributed by atoms with E-state index in [0.717, 1.165) is 12.1 Å². The van der Waals surface area contributed by atoms with Crippen LogP contribution in [0.15, 0.2) is 12.1 Å². The number of rotatable bonds is 2. The van der Waals surface area contributed by atoms with E-state index < -0.39 is 17.6 Å². The highest BCUT2D eigenvalue weighted by molar-refractivity contribution is 5.69. The van der Waals surface area contributed by atoms with E-state index in [-0.39, 0.29) is 11.4 Å². The predicted molar refractivity (Wildman–Crippen MR) is 48.2 cm³/mol. The zero-order chi connectivity index (χ0) is 10.9. The van der Waals surface area contributed by atoms with Gasteiger partial charge in [-0.05, 0) is 0 Å². The van der Waals surface area contributed by atoms with Crippen molar-refractivity contribution in [2.75, 3.05) is 11.5 Å². The molecule has 5 N–H and O–H groups in total. The number of hydrogen-bond donors (Lipinski definition) is 3. The summed E-state index contributed by atoms with van der Waals surface area (Å²) in [6, 6.07) is 2.10. The van der Waals surface area contributed by atoms with Gasteiger partial charge in [0.25, 0.3) is 0 Å². The average molecular weight is 204 g/mol. The van der Waals surface area contributed by atoms with E-state index in [4.69, 9.17) is 11.5 Å². The average Bonchev–Trinajstić information content (AvgIpc) is 1.97. The van der Waals surface area contributed by atoms with Crippen LogP contribution in [0.3, 0.4) is 0 Å². The van der Waals surface area contributed by atoms with Crippen molar-refractivity contribution in [3.63, 3.8) is 0 Å². The van der Waals surface area contributed by atoms with Crippen LogP contribution in [0.1, 0.15) is 6.92 Å². The van der Waals surface area contributed by atoms with Crippen LogP contribution in [-0.4, -0.2) is 11.2 Å². The van der Waals surface area contributed by atoms with Crippen molar-refractivity contribution in [2.24, 2.45) is 0 Å². The SMILES string of the molecule is CC(F)(F)Oc1cc(N)c(N)cc1O. The molecule has 14 heavy (non-hydrogen) atoms. The van der Waals surface area contributed by atoms with Crippen LogP contribution in [-0.2, 0) is 0 Å². The molecule has 1 aromatic rings. The minimum atomic E-state index is -3.37. The number of nitrogen functional groups attached to an aromatic ring is 2. The second kappa shape index (κ2) is 3.21. The van der Waals surface area contributed by atoms with Crippen LogP contribution in [0.25, 0.3) is 0 Å². The van der Waals surface area contributed by atoms with Gasteiger partial charge in [0.1, 0.15) is 0 Å². The first-order valence-corrected chi connectivity index (χ1v) is 3.74. The number of hydrogen-bond acceptors (Lipinski definition) is 4. The van der Waals surface area contributed by atoms with Crippen LogP contribution < -0.4 is 16.2 Å². The first-order chi connectivity index (χ1) is 6.29. The quantitative estimate of drug-likeness (QED) is 0.504. The van der Waals surface area contributed by atoms with Crippen LogP contribution in [0.4, 0.5) is 20.2 Å². The maximum absolute atomic E-state index is 12.4. The summed E-state index contributed by atoms with van der Waals surface area (Å²) in [6.07, 6.45) is -3.37. The van der Waals surface area contributed by atoms with Crippen molar-refractivity contribution in [1.29, 1.82) is 0 Å². The lowest BCUT2D eigenvalue weighted by molar-refractivity contribution is -0.159. The maximum atomic E-state index is 12.4. The summed E-state index contributed by atoms with van der Waals surface area (Å²) < 4.78 is 29.0. The summed E-state index contributed by atoms with van der Waals surface area (Å²) in [6.45, 7) is 0.555. The van der Waals surface area contributed by atoms with Crippen molar-refractivity contribution < 1.29 is 18.6 Å². The normalized spacial score (nSPS) is 11.4. The topological polar surface area (TPSA) is 81.5 Å². The van der Waals surface area contributed by atoms with Crippen LogP contribution >= 0.6 is 0 Å². The fourth-order valence-corrected chi connectivity index (χ4v) is 0.875. The van der Waals surface area contributed by atoms with E-state index in [0.29, 0.717) is 6.92 Å². The Morgan fingerprint density at radius 2 is 1.79 bits per heavy atom. The van der Waals surface area contributed by atoms with Crippen LogP contribution in [0.2, 0.25) is 0 Å². The molecule has 0 aliphatic rings. The van der Waals surface area contributed by atoms with E-state index >= 15 is 0 Å². The van der Waals surface area contributed by atoms with Gasteiger partial charge in [0.05, 0.1) is 11.4 Å². The van der Waals surface area contributed by atoms with Gasteiger partial charge in [-0.1, -0.05) is 0 Å². The Labute approximate surface area is 79.1 Å². The molecule has 0 heterocycles. The molecule has 0 radical (unpaired) electrons. The lowest BCUT2D eigenvalue weighted by Crippen LogP contribution is -2.19. The molecular formula is C8H10F2N2O2. The highest BCUT2D eigenvalue weighted by Gasteiger charge is 2.25. The molecule has 0 saturated heterocycles. The smallest absolute Gasteiger partial charge is 0.395 e. The summed E-state index contributed by atoms with van der Waals surface area (Å²) in [5.41, 5.74) is 10.8. The van der Waals surface area contributed by atoms with Crippen molar-refractivity contribution in [1.82, 2.24) is 0 Å². The summed E-state index contributed by atoms with van der Waals surface area (Å²) in [7, 11) is 0. The Kier molecular flexibility index (Phi) is 2.37. The van der Waals surface area contributed by atoms with Gasteiger partial charge < -0.3 is 21.3 Å². The number of alkyl halides is 2. The molecule has 0 unspecified atom stereocenters. The summed E-state index contributed by atoms with van der Waals surface area (Å²) in [5.74, 6) is -0.873. The number of ether oxygens (including phenoxy) is 1. The first-order valence-electron chi connectivity index (χ1n) is 3.74. The second-order valence-electron chi connectivity index (χ2n) is 2.86. The molecule has 78 valence electrons. The Balaban J connectivity index is 3.04. The van der Waals surface area contributed by atoms with Crippen molar-refractivity contribution in [3.05, 3.63) is 12.1 Å². The van der Waals surface area contributed by atoms with Gasteiger partial charge in [0.2, 0.25) is 0 Å². The van der Waals surface area contributed by atoms with E-state index in [1.807, 2.05) is 0 Å². The van der Waals surface area contributed by atoms with Crippen LogP contribution in [0.5, 0.6) is 11.5 Å². The van der Waals surface area contributed by atoms with Gasteiger partial charge in [-0.3, -0.25) is 0 Å². The minimum Gasteiger partial charge on any atom is -0.504 e. The fraction of sp³-hybridized carbons (Fsp3) is 0.250. The molecule has 0 atom stereocenters. The fourth-order valence-electron chi connectivity index (χ4n) is 0.875. The highest BCUT2D eigenvalue weighted by atomic mass is 19.3. The molecule has 6 heteroatoms. The number of phenolic OH excluding ortho intramolecular Hbond substituents is 1. The third-order valence-electron chi connectivity index (χ3n) is 1.45. The lowest BCUT2D eigenvalue weighted by atomic mass is 10.2. The lowest BCUT2D eigenvalue weighted by Gasteiger charge is -2.15. The standard InChI is InChI=1S/C8H10F2N2O2/c1-8(9,10)14-7-3-5(12)4(11)2-6(7)13/h2-3,13H,11-12H2,1H3. The number of halogens is 2. The second-order valence-corrected chi connectivity index (χ2v) is 2.86. The van der Waals surface area contributed by atoms with Gasteiger partial charge >= 0.3 is 6.11 Å². The summed E-state index contributed by atoms with van der Waals surface area (Å²) >= 11 is 0. The molecular weight excluding hydrogens is 194 g/mol. The minimum absolute atomic E-state index is 0.0713. The molecule has 0 fully saturated rings. The third kappa shape index (κ3) is 2.38. The van der Waals surface area contributed by atoms with E-state index in [2.05, 4.69) is 4.74 Å². The third-order valence-corrected chi connectivity index (χ3v) is 1.45. The summed E-state index contributed by atoms with van der Waals surface area (Å²) in [4.78, 5) is 0. The van der Waals surface area contributed by atoms with Crippen molar-refractivity contribution in [2.45, 2.75) is 13.0 Å². The Bertz CT molecular complexity index is 350. The van der Waals surface area contributed by atoms with Crippen molar-refractivity contribution in [3.8, 4) is 11.5 Å². The van der Waals surface area contributed by atoms with Gasteiger partial charge in [-0.15, -0.1) is 0 Å². The van der Waals surface area contributed by atoms with Gasteiger partial charge in [-0.2, -0.15) is 8.78 Å². The van der Waals surface area contributed by atoms with E-state index in [1.54, 1.807) is 0 Å². The number of aromatic hydroxyl groups is 1. The molecule has 0 bridgehead atoms. The van der Waals surface area contributed by atoms with Gasteiger partial charge in [-0.25, -0.2) is 0 Å². The number of benzene rings is 1. The van der Waals surface area contributed by atoms with Gasteiger partial charge in [0.15, 0.2) is 11.5 Å². The van der Waals surface area contributed by atoms with E-state index in [1.165, 1.54) is 0 Å². The monoisotopic (exact) mass is 204 g/mol. The molecule has 1 rings (SSSR count). The van der Waals surface area contributed by atoms with Crippen molar-refractivity contribution >= 4 is 11.4 Å². The molecule has 0 amide bonds. The Hall–Kier alpha value is -1.72. The predicted octanol–water partition coefficient (Wildman–Crippen LogP) is 1.55.